The van der Waals surface area contributed by atoms with Crippen LogP contribution in [0.1, 0.15) is 22.5 Å². The second-order valence-electron chi connectivity index (χ2n) is 14.8. The number of morpholine rings is 1. The third kappa shape index (κ3) is 8.02. The Morgan fingerprint density at radius 1 is 0.847 bits per heavy atom. The summed E-state index contributed by atoms with van der Waals surface area (Å²) >= 11 is 0. The second kappa shape index (κ2) is 16.6. The Labute approximate surface area is 340 Å². The molecule has 15 nitrogen and oxygen atoms in total. The van der Waals surface area contributed by atoms with Gasteiger partial charge in [-0.25, -0.2) is 14.8 Å². The summed E-state index contributed by atoms with van der Waals surface area (Å²) in [6.07, 6.45) is 1.03. The molecule has 59 heavy (non-hydrogen) atoms. The summed E-state index contributed by atoms with van der Waals surface area (Å²) in [6, 6.07) is 32.0. The summed E-state index contributed by atoms with van der Waals surface area (Å²) < 4.78 is 11.4. The predicted octanol–water partition coefficient (Wildman–Crippen LogP) is 4.58. The Bertz CT molecular complexity index is 2450. The second-order valence-corrected chi connectivity index (χ2v) is 14.8. The van der Waals surface area contributed by atoms with E-state index in [-0.39, 0.29) is 56.7 Å². The summed E-state index contributed by atoms with van der Waals surface area (Å²) in [5.74, 6) is 0.779. The average molecular weight is 794 g/mol. The lowest BCUT2D eigenvalue weighted by Gasteiger charge is -2.55. The molecule has 300 valence electrons. The molecule has 15 heteroatoms. The Balaban J connectivity index is 1.05. The van der Waals surface area contributed by atoms with E-state index in [1.165, 1.54) is 0 Å². The topological polar surface area (TPSA) is 161 Å². The number of aromatic nitrogens is 3. The van der Waals surface area contributed by atoms with Gasteiger partial charge in [0, 0.05) is 50.2 Å². The van der Waals surface area contributed by atoms with Gasteiger partial charge in [-0.2, -0.15) is 5.01 Å². The van der Waals surface area contributed by atoms with E-state index < -0.39 is 18.2 Å². The number of carbonyl (C=O) groups is 3. The molecule has 0 radical (unpaired) electrons. The number of urea groups is 1. The van der Waals surface area contributed by atoms with Crippen molar-refractivity contribution in [1.29, 1.82) is 0 Å². The van der Waals surface area contributed by atoms with Crippen LogP contribution >= 0.6 is 0 Å². The van der Waals surface area contributed by atoms with Gasteiger partial charge in [0.05, 0.1) is 44.1 Å². The average Bonchev–Trinajstić information content (AvgIpc) is 3.74. The zero-order valence-corrected chi connectivity index (χ0v) is 32.3. The quantitative estimate of drug-likeness (QED) is 0.200. The number of ether oxygens (including phenoxy) is 1. The number of phenolic OH excluding ortho intramolecular Hbond substituents is 1. The maximum Gasteiger partial charge on any atom is 0.334 e. The van der Waals surface area contributed by atoms with E-state index in [4.69, 9.17) is 14.2 Å². The number of benzene rings is 3. The summed E-state index contributed by atoms with van der Waals surface area (Å²) in [4.78, 5) is 58.5. The molecule has 0 bridgehead atoms. The van der Waals surface area contributed by atoms with Crippen LogP contribution in [0.3, 0.4) is 0 Å². The lowest BCUT2D eigenvalue weighted by Crippen LogP contribution is -2.76. The van der Waals surface area contributed by atoms with Gasteiger partial charge >= 0.3 is 6.03 Å². The summed E-state index contributed by atoms with van der Waals surface area (Å²) in [6.45, 7) is 3.09. The molecular formula is C44H43N9O6. The Morgan fingerprint density at radius 3 is 2.49 bits per heavy atom. The lowest BCUT2D eigenvalue weighted by atomic mass is 9.98. The molecule has 3 saturated heterocycles. The van der Waals surface area contributed by atoms with Crippen LogP contribution in [0.4, 0.5) is 10.6 Å². The van der Waals surface area contributed by atoms with Crippen molar-refractivity contribution in [3.8, 4) is 17.1 Å². The highest BCUT2D eigenvalue weighted by molar-refractivity contribution is 5.92. The molecule has 6 aromatic rings. The maximum atomic E-state index is 14.7. The summed E-state index contributed by atoms with van der Waals surface area (Å²) in [5, 5.41) is 21.6. The van der Waals surface area contributed by atoms with Crippen molar-refractivity contribution in [1.82, 2.24) is 40.3 Å². The van der Waals surface area contributed by atoms with E-state index in [1.807, 2.05) is 78.9 Å². The van der Waals surface area contributed by atoms with E-state index in [1.54, 1.807) is 56.3 Å². The van der Waals surface area contributed by atoms with Crippen LogP contribution in [0.2, 0.25) is 0 Å². The number of pyridine rings is 2. The van der Waals surface area contributed by atoms with E-state index in [2.05, 4.69) is 20.4 Å². The molecule has 3 fully saturated rings. The molecule has 3 aromatic carbocycles. The number of rotatable bonds is 10. The third-order valence-corrected chi connectivity index (χ3v) is 11.0. The van der Waals surface area contributed by atoms with Crippen LogP contribution in [-0.2, 0) is 40.4 Å². The maximum absolute atomic E-state index is 14.7. The monoisotopic (exact) mass is 793 g/mol. The van der Waals surface area contributed by atoms with E-state index in [0.29, 0.717) is 30.4 Å². The zero-order chi connectivity index (χ0) is 40.3. The van der Waals surface area contributed by atoms with Gasteiger partial charge in [0.15, 0.2) is 5.76 Å². The number of phenols is 1. The number of aromatic hydroxyl groups is 1. The number of nitrogens with zero attached hydrogens (tertiary/aromatic N) is 8. The van der Waals surface area contributed by atoms with E-state index in [9.17, 15) is 19.5 Å². The van der Waals surface area contributed by atoms with Gasteiger partial charge in [-0.1, -0.05) is 71.9 Å². The normalized spacial score (nSPS) is 18.6. The van der Waals surface area contributed by atoms with Crippen molar-refractivity contribution < 1.29 is 28.8 Å². The number of hydrazine groups is 1. The first kappa shape index (κ1) is 37.7. The lowest BCUT2D eigenvalue weighted by molar-refractivity contribution is -0.193. The Morgan fingerprint density at radius 2 is 1.66 bits per heavy atom. The smallest absolute Gasteiger partial charge is 0.334 e. The van der Waals surface area contributed by atoms with Crippen molar-refractivity contribution in [2.45, 2.75) is 38.3 Å². The van der Waals surface area contributed by atoms with Gasteiger partial charge in [-0.3, -0.25) is 14.6 Å². The molecule has 3 aliphatic heterocycles. The standard InChI is InChI=1S/C44H43N9O6/c54-33-16-14-30(15-17-33)23-39-43(56)50(26-32-9-4-11-36-35(32)10-6-18-45-36)28-41-52(39)42(55)29-51(53(41)44(57)46-25-31-7-2-1-3-8-31)27-34-24-38(48-59-34)37-12-5-13-40(47-37)49-19-21-58-22-20-49/h1-18,24,39,41,54H,19-23,25-29H2,(H,46,57)/t39-,41-/m0/s1. The molecule has 3 aliphatic rings. The molecule has 0 spiro atoms. The highest BCUT2D eigenvalue weighted by Gasteiger charge is 2.51. The van der Waals surface area contributed by atoms with Crippen molar-refractivity contribution in [3.05, 3.63) is 138 Å². The fraction of sp³-hybridized carbons (Fsp3) is 0.273. The molecule has 9 rings (SSSR count). The zero-order valence-electron chi connectivity index (χ0n) is 32.3. The molecule has 2 N–H and O–H groups in total. The number of hydrogen-bond donors (Lipinski definition) is 2. The number of piperazine rings is 1. The predicted molar refractivity (Wildman–Crippen MR) is 217 cm³/mol. The van der Waals surface area contributed by atoms with Crippen LogP contribution in [0, 0.1) is 0 Å². The van der Waals surface area contributed by atoms with Crippen molar-refractivity contribution >= 4 is 34.6 Å². The van der Waals surface area contributed by atoms with Gasteiger partial charge in [-0.15, -0.1) is 0 Å². The molecule has 2 atom stereocenters. The van der Waals surface area contributed by atoms with Gasteiger partial charge in [0.2, 0.25) is 11.8 Å². The van der Waals surface area contributed by atoms with Gasteiger partial charge < -0.3 is 34.4 Å². The molecule has 6 heterocycles. The van der Waals surface area contributed by atoms with Crippen LogP contribution in [-0.4, -0.2) is 109 Å². The van der Waals surface area contributed by atoms with E-state index >= 15 is 0 Å². The minimum absolute atomic E-state index is 0.0383. The first-order valence-corrected chi connectivity index (χ1v) is 19.7. The minimum atomic E-state index is -0.938. The van der Waals surface area contributed by atoms with Crippen LogP contribution in [0.15, 0.2) is 120 Å². The van der Waals surface area contributed by atoms with Crippen LogP contribution < -0.4 is 10.2 Å². The fourth-order valence-electron chi connectivity index (χ4n) is 8.12. The van der Waals surface area contributed by atoms with Crippen molar-refractivity contribution in [2.75, 3.05) is 44.3 Å². The minimum Gasteiger partial charge on any atom is -0.508 e. The number of amides is 4. The molecular weight excluding hydrogens is 751 g/mol. The van der Waals surface area contributed by atoms with Gasteiger partial charge in [0.25, 0.3) is 0 Å². The molecule has 3 aromatic heterocycles. The fourth-order valence-corrected chi connectivity index (χ4v) is 8.12. The largest absolute Gasteiger partial charge is 0.508 e. The highest BCUT2D eigenvalue weighted by atomic mass is 16.5. The van der Waals surface area contributed by atoms with Crippen LogP contribution in [0.25, 0.3) is 22.3 Å². The number of carbonyl (C=O) groups excluding carboxylic acids is 3. The summed E-state index contributed by atoms with van der Waals surface area (Å²) in [5.41, 5.74) is 4.50. The Kier molecular flexibility index (Phi) is 10.6. The van der Waals surface area contributed by atoms with Crippen molar-refractivity contribution in [2.24, 2.45) is 0 Å². The number of nitrogens with one attached hydrogen (secondary N) is 1. The molecule has 4 amide bonds. The Hall–Kier alpha value is -6.84. The molecule has 0 aliphatic carbocycles. The highest BCUT2D eigenvalue weighted by Crippen LogP contribution is 2.32. The van der Waals surface area contributed by atoms with Gasteiger partial charge in [0.1, 0.15) is 29.5 Å². The van der Waals surface area contributed by atoms with E-state index in [0.717, 1.165) is 46.5 Å². The van der Waals surface area contributed by atoms with Gasteiger partial charge in [-0.05, 0) is 53.1 Å². The molecule has 0 unspecified atom stereocenters. The third-order valence-electron chi connectivity index (χ3n) is 11.0. The first-order chi connectivity index (χ1) is 28.9. The number of anilines is 1. The first-order valence-electron chi connectivity index (χ1n) is 19.7. The number of fused-ring (bicyclic) bond motifs is 2. The SMILES string of the molecule is O=C1[C@H](Cc2ccc(O)cc2)N2C(=O)CN(Cc3cc(-c4cccc(N5CCOCC5)n4)no3)N(C(=O)NCc3ccccc3)[C@H]2CN1Cc1cccc2ncccc12. The number of hydrogen-bond acceptors (Lipinski definition) is 11. The molecule has 0 saturated carbocycles. The van der Waals surface area contributed by atoms with Crippen LogP contribution in [0.5, 0.6) is 5.75 Å². The van der Waals surface area contributed by atoms with Crippen molar-refractivity contribution in [3.63, 3.8) is 0 Å². The summed E-state index contributed by atoms with van der Waals surface area (Å²) in [7, 11) is 0.